The summed E-state index contributed by atoms with van der Waals surface area (Å²) in [5, 5.41) is 11.5. The van der Waals surface area contributed by atoms with E-state index in [1.807, 2.05) is 0 Å². The molecule has 0 saturated carbocycles. The fourth-order valence-corrected chi connectivity index (χ4v) is 1.46. The van der Waals surface area contributed by atoms with Crippen molar-refractivity contribution in [1.82, 2.24) is 5.06 Å². The van der Waals surface area contributed by atoms with Crippen molar-refractivity contribution in [1.29, 1.82) is 0 Å². The van der Waals surface area contributed by atoms with Gasteiger partial charge in [-0.1, -0.05) is 0 Å². The zero-order valence-electron chi connectivity index (χ0n) is 4.94. The Morgan fingerprint density at radius 2 is 2.11 bits per heavy atom. The second kappa shape index (κ2) is 2.62. The maximum Gasteiger partial charge on any atom is 0.130 e. The monoisotopic (exact) mass is 168 g/mol. The molecular weight excluding hydrogens is 161 g/mol. The summed E-state index contributed by atoms with van der Waals surface area (Å²) in [6.45, 7) is 0.817. The van der Waals surface area contributed by atoms with Crippen molar-refractivity contribution in [3.8, 4) is 0 Å². The smallest absolute Gasteiger partial charge is 0.130 e. The van der Waals surface area contributed by atoms with Crippen LogP contribution in [-0.2, 0) is 0 Å². The quantitative estimate of drug-likeness (QED) is 0.516. The number of hydrogen-bond acceptors (Lipinski definition) is 2. The SMILES string of the molecule is [O-]N1CCCC(Cl)(Cl)C1. The van der Waals surface area contributed by atoms with Crippen LogP contribution < -0.4 is 0 Å². The summed E-state index contributed by atoms with van der Waals surface area (Å²) in [5.74, 6) is 0. The molecule has 1 rings (SSSR count). The lowest BCUT2D eigenvalue weighted by molar-refractivity contribution is 0.298. The van der Waals surface area contributed by atoms with Crippen molar-refractivity contribution in [2.24, 2.45) is 0 Å². The summed E-state index contributed by atoms with van der Waals surface area (Å²) in [6.07, 6.45) is 1.53. The number of hydroxylamine groups is 2. The van der Waals surface area contributed by atoms with Crippen LogP contribution in [0, 0.1) is 5.21 Å². The van der Waals surface area contributed by atoms with E-state index >= 15 is 0 Å². The molecule has 2 nitrogen and oxygen atoms in total. The molecular formula is C5H8Cl2NO-. The Morgan fingerprint density at radius 1 is 1.44 bits per heavy atom. The van der Waals surface area contributed by atoms with Gasteiger partial charge in [-0.25, -0.2) is 0 Å². The van der Waals surface area contributed by atoms with Crippen LogP contribution in [0.3, 0.4) is 0 Å². The Labute approximate surface area is 64.3 Å². The molecule has 1 fully saturated rings. The van der Waals surface area contributed by atoms with Crippen molar-refractivity contribution >= 4 is 23.2 Å². The number of halogens is 2. The van der Waals surface area contributed by atoms with Crippen molar-refractivity contribution < 1.29 is 0 Å². The standard InChI is InChI=1S/C5H8Cl2NO/c6-5(7)2-1-3-8(9)4-5/h1-4H2/q-1. The first-order valence-electron chi connectivity index (χ1n) is 2.90. The normalized spacial score (nSPS) is 28.3. The van der Waals surface area contributed by atoms with Gasteiger partial charge in [0.15, 0.2) is 0 Å². The molecule has 0 amide bonds. The molecule has 0 spiro atoms. The highest BCUT2D eigenvalue weighted by Gasteiger charge is 2.26. The zero-order chi connectivity index (χ0) is 6.91. The van der Waals surface area contributed by atoms with E-state index in [0.29, 0.717) is 6.54 Å². The minimum absolute atomic E-state index is 0.246. The van der Waals surface area contributed by atoms with E-state index < -0.39 is 4.33 Å². The van der Waals surface area contributed by atoms with E-state index in [1.165, 1.54) is 0 Å². The van der Waals surface area contributed by atoms with Gasteiger partial charge in [0, 0.05) is 6.54 Å². The Balaban J connectivity index is 2.41. The molecule has 54 valence electrons. The van der Waals surface area contributed by atoms with Crippen molar-refractivity contribution in [3.63, 3.8) is 0 Å². The highest BCUT2D eigenvalue weighted by Crippen LogP contribution is 2.31. The minimum atomic E-state index is -0.792. The molecule has 1 aliphatic heterocycles. The predicted molar refractivity (Wildman–Crippen MR) is 38.6 cm³/mol. The molecule has 0 aromatic rings. The summed E-state index contributed by atoms with van der Waals surface area (Å²) in [4.78, 5) is 0. The van der Waals surface area contributed by atoms with Crippen LogP contribution in [0.25, 0.3) is 0 Å². The summed E-state index contributed by atoms with van der Waals surface area (Å²) < 4.78 is -0.792. The predicted octanol–water partition coefficient (Wildman–Crippen LogP) is 1.75. The van der Waals surface area contributed by atoms with Gasteiger partial charge in [-0.05, 0) is 19.4 Å². The van der Waals surface area contributed by atoms with Gasteiger partial charge in [0.2, 0.25) is 0 Å². The summed E-state index contributed by atoms with van der Waals surface area (Å²) >= 11 is 11.4. The first-order chi connectivity index (χ1) is 4.10. The van der Waals surface area contributed by atoms with Gasteiger partial charge in [-0.2, -0.15) is 0 Å². The van der Waals surface area contributed by atoms with E-state index in [9.17, 15) is 5.21 Å². The van der Waals surface area contributed by atoms with Gasteiger partial charge in [0.1, 0.15) is 4.33 Å². The third-order valence-electron chi connectivity index (χ3n) is 1.36. The number of piperidine rings is 1. The topological polar surface area (TPSA) is 26.3 Å². The summed E-state index contributed by atoms with van der Waals surface area (Å²) in [5.41, 5.74) is 0. The number of rotatable bonds is 0. The molecule has 0 aromatic carbocycles. The van der Waals surface area contributed by atoms with E-state index in [4.69, 9.17) is 23.2 Å². The van der Waals surface area contributed by atoms with E-state index in [0.717, 1.165) is 17.9 Å². The fourth-order valence-electron chi connectivity index (χ4n) is 0.930. The molecule has 0 radical (unpaired) electrons. The van der Waals surface area contributed by atoms with Gasteiger partial charge < -0.3 is 10.3 Å². The number of hydrogen-bond donors (Lipinski definition) is 0. The Hall–Kier alpha value is 0.500. The van der Waals surface area contributed by atoms with Crippen molar-refractivity contribution in [2.75, 3.05) is 13.1 Å². The molecule has 0 aromatic heterocycles. The van der Waals surface area contributed by atoms with Gasteiger partial charge in [-0.15, -0.1) is 23.2 Å². The maximum absolute atomic E-state index is 10.6. The molecule has 0 bridgehead atoms. The van der Waals surface area contributed by atoms with Crippen LogP contribution >= 0.6 is 23.2 Å². The lowest BCUT2D eigenvalue weighted by Crippen LogP contribution is -2.37. The Kier molecular flexibility index (Phi) is 2.22. The van der Waals surface area contributed by atoms with E-state index in [2.05, 4.69) is 0 Å². The van der Waals surface area contributed by atoms with E-state index in [1.54, 1.807) is 0 Å². The molecule has 9 heavy (non-hydrogen) atoms. The van der Waals surface area contributed by atoms with Crippen molar-refractivity contribution in [2.45, 2.75) is 17.2 Å². The van der Waals surface area contributed by atoms with Gasteiger partial charge in [0.25, 0.3) is 0 Å². The fraction of sp³-hybridized carbons (Fsp3) is 1.00. The van der Waals surface area contributed by atoms with Crippen LogP contribution in [0.1, 0.15) is 12.8 Å². The third-order valence-corrected chi connectivity index (χ3v) is 1.97. The van der Waals surface area contributed by atoms with Crippen LogP contribution in [0.15, 0.2) is 0 Å². The van der Waals surface area contributed by atoms with Gasteiger partial charge in [-0.3, -0.25) is 0 Å². The van der Waals surface area contributed by atoms with Crippen LogP contribution in [0.5, 0.6) is 0 Å². The highest BCUT2D eigenvalue weighted by atomic mass is 35.5. The molecule has 0 N–H and O–H groups in total. The van der Waals surface area contributed by atoms with Crippen LogP contribution in [-0.4, -0.2) is 22.5 Å². The number of nitrogens with zero attached hydrogens (tertiary/aromatic N) is 1. The van der Waals surface area contributed by atoms with Crippen LogP contribution in [0.4, 0.5) is 0 Å². The molecule has 0 unspecified atom stereocenters. The molecule has 0 aliphatic carbocycles. The second-order valence-electron chi connectivity index (χ2n) is 2.32. The van der Waals surface area contributed by atoms with Crippen molar-refractivity contribution in [3.05, 3.63) is 5.21 Å². The molecule has 1 saturated heterocycles. The first kappa shape index (κ1) is 7.61. The van der Waals surface area contributed by atoms with Gasteiger partial charge >= 0.3 is 0 Å². The molecule has 1 aliphatic rings. The Bertz CT molecular complexity index is 107. The van der Waals surface area contributed by atoms with Crippen LogP contribution in [0.2, 0.25) is 0 Å². The number of alkyl halides is 2. The maximum atomic E-state index is 10.6. The molecule has 4 heteroatoms. The second-order valence-corrected chi connectivity index (χ2v) is 3.96. The average Bonchev–Trinajstić information content (AvgIpc) is 1.60. The minimum Gasteiger partial charge on any atom is -0.785 e. The Morgan fingerprint density at radius 3 is 2.44 bits per heavy atom. The zero-order valence-corrected chi connectivity index (χ0v) is 6.45. The van der Waals surface area contributed by atoms with E-state index in [-0.39, 0.29) is 6.54 Å². The molecule has 0 atom stereocenters. The first-order valence-corrected chi connectivity index (χ1v) is 3.66. The largest absolute Gasteiger partial charge is 0.785 e. The van der Waals surface area contributed by atoms with Gasteiger partial charge in [0.05, 0.1) is 0 Å². The summed E-state index contributed by atoms with van der Waals surface area (Å²) in [7, 11) is 0. The summed E-state index contributed by atoms with van der Waals surface area (Å²) in [6, 6.07) is 0. The lowest BCUT2D eigenvalue weighted by atomic mass is 10.1. The average molecular weight is 169 g/mol. The lowest BCUT2D eigenvalue weighted by Gasteiger charge is -2.38. The highest BCUT2D eigenvalue weighted by molar-refractivity contribution is 6.48. The third kappa shape index (κ3) is 2.30. The molecule has 1 heterocycles.